The first-order valence-electron chi connectivity index (χ1n) is 14.4. The highest BCUT2D eigenvalue weighted by molar-refractivity contribution is 7.92. The molecule has 0 aliphatic carbocycles. The fourth-order valence-corrected chi connectivity index (χ4v) is 6.24. The standard InChI is InChI=1S/C32H37Cl2N3O6S/c1-4-44(40,41)37(26-12-13-29-30(18-26)43-15-14-42-29)21-31(38)36(20-24-10-11-25(33)17-27(24)34)28(32(39)35-19-22(2)3)16-23-8-6-5-7-9-23/h5-13,17-18,22,28H,4,14-16,19-21H2,1-3H3,(H,35,39)/t28-/m1/s1. The van der Waals surface area contributed by atoms with Crippen molar-refractivity contribution < 1.29 is 27.5 Å². The Balaban J connectivity index is 1.76. The predicted octanol–water partition coefficient (Wildman–Crippen LogP) is 5.33. The van der Waals surface area contributed by atoms with E-state index in [2.05, 4.69) is 5.32 Å². The summed E-state index contributed by atoms with van der Waals surface area (Å²) in [6, 6.07) is 18.0. The molecule has 1 aliphatic rings. The molecule has 12 heteroatoms. The molecular formula is C32H37Cl2N3O6S. The molecule has 1 N–H and O–H groups in total. The van der Waals surface area contributed by atoms with E-state index in [4.69, 9.17) is 32.7 Å². The van der Waals surface area contributed by atoms with E-state index in [1.165, 1.54) is 11.8 Å². The molecular weight excluding hydrogens is 625 g/mol. The molecule has 0 radical (unpaired) electrons. The number of hydrogen-bond donors (Lipinski definition) is 1. The predicted molar refractivity (Wildman–Crippen MR) is 173 cm³/mol. The number of fused-ring (bicyclic) bond motifs is 1. The van der Waals surface area contributed by atoms with Crippen molar-refractivity contribution >= 4 is 50.7 Å². The van der Waals surface area contributed by atoms with E-state index in [9.17, 15) is 18.0 Å². The lowest BCUT2D eigenvalue weighted by molar-refractivity contribution is -0.140. The molecule has 236 valence electrons. The Morgan fingerprint density at radius 1 is 0.955 bits per heavy atom. The Morgan fingerprint density at radius 2 is 1.66 bits per heavy atom. The van der Waals surface area contributed by atoms with Gasteiger partial charge in [-0.15, -0.1) is 0 Å². The molecule has 0 aromatic heterocycles. The maximum absolute atomic E-state index is 14.3. The van der Waals surface area contributed by atoms with E-state index in [0.29, 0.717) is 46.9 Å². The van der Waals surface area contributed by atoms with Crippen molar-refractivity contribution in [1.82, 2.24) is 10.2 Å². The zero-order valence-electron chi connectivity index (χ0n) is 25.0. The highest BCUT2D eigenvalue weighted by Gasteiger charge is 2.34. The van der Waals surface area contributed by atoms with Gasteiger partial charge in [-0.05, 0) is 48.2 Å². The first kappa shape index (κ1) is 33.4. The van der Waals surface area contributed by atoms with E-state index >= 15 is 0 Å². The monoisotopic (exact) mass is 661 g/mol. The third-order valence-electron chi connectivity index (χ3n) is 7.10. The van der Waals surface area contributed by atoms with Gasteiger partial charge in [-0.2, -0.15) is 0 Å². The molecule has 0 fully saturated rings. The molecule has 0 saturated carbocycles. The third kappa shape index (κ3) is 8.58. The second-order valence-electron chi connectivity index (χ2n) is 10.8. The Kier molecular flexibility index (Phi) is 11.4. The molecule has 2 amide bonds. The van der Waals surface area contributed by atoms with Crippen molar-refractivity contribution in [1.29, 1.82) is 0 Å². The van der Waals surface area contributed by atoms with Crippen molar-refractivity contribution in [3.63, 3.8) is 0 Å². The minimum Gasteiger partial charge on any atom is -0.486 e. The van der Waals surface area contributed by atoms with Crippen LogP contribution < -0.4 is 19.1 Å². The fourth-order valence-electron chi connectivity index (χ4n) is 4.72. The second kappa shape index (κ2) is 15.0. The van der Waals surface area contributed by atoms with Gasteiger partial charge >= 0.3 is 0 Å². The lowest BCUT2D eigenvalue weighted by atomic mass is 10.0. The summed E-state index contributed by atoms with van der Waals surface area (Å²) in [7, 11) is -3.94. The number of nitrogens with zero attached hydrogens (tertiary/aromatic N) is 2. The van der Waals surface area contributed by atoms with E-state index in [1.54, 1.807) is 36.4 Å². The Labute approximate surface area is 269 Å². The van der Waals surface area contributed by atoms with Crippen molar-refractivity contribution in [2.45, 2.75) is 39.8 Å². The van der Waals surface area contributed by atoms with Crippen LogP contribution in [-0.4, -0.2) is 63.2 Å². The number of carbonyl (C=O) groups is 2. The summed E-state index contributed by atoms with van der Waals surface area (Å²) in [5, 5.41) is 3.70. The summed E-state index contributed by atoms with van der Waals surface area (Å²) in [5.74, 6) is -0.137. The van der Waals surface area contributed by atoms with Crippen LogP contribution in [-0.2, 0) is 32.6 Å². The van der Waals surface area contributed by atoms with E-state index in [1.807, 2.05) is 44.2 Å². The van der Waals surface area contributed by atoms with Gasteiger partial charge < -0.3 is 19.7 Å². The SMILES string of the molecule is CCS(=O)(=O)N(CC(=O)N(Cc1ccc(Cl)cc1Cl)[C@H](Cc1ccccc1)C(=O)NCC(C)C)c1ccc2c(c1)OCCO2. The minimum absolute atomic E-state index is 0.0530. The molecule has 44 heavy (non-hydrogen) atoms. The molecule has 3 aromatic carbocycles. The summed E-state index contributed by atoms with van der Waals surface area (Å²) in [6.45, 7) is 5.96. The van der Waals surface area contributed by atoms with Crippen molar-refractivity contribution in [3.05, 3.63) is 87.9 Å². The van der Waals surface area contributed by atoms with Gasteiger partial charge in [0.15, 0.2) is 11.5 Å². The van der Waals surface area contributed by atoms with Crippen LogP contribution in [0.4, 0.5) is 5.69 Å². The molecule has 1 aliphatic heterocycles. The lowest BCUT2D eigenvalue weighted by Crippen LogP contribution is -2.54. The van der Waals surface area contributed by atoms with Crippen LogP contribution in [0.5, 0.6) is 11.5 Å². The van der Waals surface area contributed by atoms with Crippen molar-refractivity contribution in [3.8, 4) is 11.5 Å². The second-order valence-corrected chi connectivity index (χ2v) is 13.9. The van der Waals surface area contributed by atoms with E-state index in [-0.39, 0.29) is 36.2 Å². The summed E-state index contributed by atoms with van der Waals surface area (Å²) in [4.78, 5) is 29.5. The van der Waals surface area contributed by atoms with Gasteiger partial charge in [-0.25, -0.2) is 8.42 Å². The topological polar surface area (TPSA) is 105 Å². The fraction of sp³-hybridized carbons (Fsp3) is 0.375. The molecule has 1 atom stereocenters. The number of rotatable bonds is 13. The molecule has 0 saturated heterocycles. The Hall–Kier alpha value is -3.47. The van der Waals surface area contributed by atoms with Gasteiger partial charge in [-0.3, -0.25) is 13.9 Å². The number of sulfonamides is 1. The van der Waals surface area contributed by atoms with Gasteiger partial charge in [0.25, 0.3) is 0 Å². The van der Waals surface area contributed by atoms with Crippen LogP contribution >= 0.6 is 23.2 Å². The molecule has 3 aromatic rings. The first-order chi connectivity index (χ1) is 21.0. The maximum atomic E-state index is 14.3. The molecule has 0 bridgehead atoms. The smallest absolute Gasteiger partial charge is 0.244 e. The number of nitrogens with one attached hydrogen (secondary N) is 1. The van der Waals surface area contributed by atoms with Crippen LogP contribution in [0.15, 0.2) is 66.7 Å². The lowest BCUT2D eigenvalue weighted by Gasteiger charge is -2.34. The highest BCUT2D eigenvalue weighted by Crippen LogP contribution is 2.35. The summed E-state index contributed by atoms with van der Waals surface area (Å²) in [5.41, 5.74) is 1.64. The molecule has 0 unspecified atom stereocenters. The highest BCUT2D eigenvalue weighted by atomic mass is 35.5. The molecule has 0 spiro atoms. The minimum atomic E-state index is -3.94. The van der Waals surface area contributed by atoms with Gasteiger partial charge in [0, 0.05) is 35.6 Å². The van der Waals surface area contributed by atoms with Crippen molar-refractivity contribution in [2.75, 3.05) is 36.4 Å². The van der Waals surface area contributed by atoms with Crippen LogP contribution in [0.25, 0.3) is 0 Å². The van der Waals surface area contributed by atoms with Crippen LogP contribution in [0, 0.1) is 5.92 Å². The summed E-state index contributed by atoms with van der Waals surface area (Å²) < 4.78 is 39.2. The first-order valence-corrected chi connectivity index (χ1v) is 16.8. The number of halogens is 2. The number of amides is 2. The zero-order valence-corrected chi connectivity index (χ0v) is 27.3. The molecule has 4 rings (SSSR count). The summed E-state index contributed by atoms with van der Waals surface area (Å²) >= 11 is 12.7. The average molecular weight is 663 g/mol. The normalized spacial score (nSPS) is 13.3. The number of carbonyl (C=O) groups excluding carboxylic acids is 2. The van der Waals surface area contributed by atoms with Gasteiger partial charge in [0.05, 0.1) is 11.4 Å². The quantitative estimate of drug-likeness (QED) is 0.265. The number of ether oxygens (including phenoxy) is 2. The summed E-state index contributed by atoms with van der Waals surface area (Å²) in [6.07, 6.45) is 0.201. The number of benzene rings is 3. The maximum Gasteiger partial charge on any atom is 0.244 e. The zero-order chi connectivity index (χ0) is 31.9. The molecule has 1 heterocycles. The van der Waals surface area contributed by atoms with Crippen LogP contribution in [0.1, 0.15) is 31.9 Å². The van der Waals surface area contributed by atoms with Gasteiger partial charge in [-0.1, -0.05) is 73.4 Å². The van der Waals surface area contributed by atoms with E-state index < -0.39 is 28.5 Å². The third-order valence-corrected chi connectivity index (χ3v) is 9.43. The Bertz CT molecular complexity index is 1570. The number of hydrogen-bond acceptors (Lipinski definition) is 6. The Morgan fingerprint density at radius 3 is 2.32 bits per heavy atom. The van der Waals surface area contributed by atoms with Crippen molar-refractivity contribution in [2.24, 2.45) is 5.92 Å². The van der Waals surface area contributed by atoms with Gasteiger partial charge in [0.2, 0.25) is 21.8 Å². The molecule has 9 nitrogen and oxygen atoms in total. The van der Waals surface area contributed by atoms with Crippen LogP contribution in [0.2, 0.25) is 10.0 Å². The van der Waals surface area contributed by atoms with Gasteiger partial charge in [0.1, 0.15) is 25.8 Å². The average Bonchev–Trinajstić information content (AvgIpc) is 3.01. The van der Waals surface area contributed by atoms with Crippen LogP contribution in [0.3, 0.4) is 0 Å². The van der Waals surface area contributed by atoms with E-state index in [0.717, 1.165) is 9.87 Å². The number of anilines is 1. The largest absolute Gasteiger partial charge is 0.486 e.